The van der Waals surface area contributed by atoms with Gasteiger partial charge in [0.25, 0.3) is 0 Å². The molecule has 0 aliphatic heterocycles. The molecule has 0 unspecified atom stereocenters. The molecule has 18 heavy (non-hydrogen) atoms. The van der Waals surface area contributed by atoms with E-state index in [1.807, 2.05) is 30.3 Å². The smallest absolute Gasteiger partial charge is 0.349 e. The molecule has 4 nitrogen and oxygen atoms in total. The molecule has 0 aliphatic rings. The lowest BCUT2D eigenvalue weighted by Crippen LogP contribution is -2.05. The molecular formula is C13H11NO3S. The minimum atomic E-state index is -0.413. The van der Waals surface area contributed by atoms with Gasteiger partial charge < -0.3 is 9.94 Å². The second-order valence-electron chi connectivity index (χ2n) is 3.51. The Morgan fingerprint density at radius 3 is 2.83 bits per heavy atom. The third kappa shape index (κ3) is 2.95. The molecule has 0 spiro atoms. The summed E-state index contributed by atoms with van der Waals surface area (Å²) in [7, 11) is 0. The van der Waals surface area contributed by atoms with E-state index in [9.17, 15) is 4.79 Å². The molecular weight excluding hydrogens is 250 g/mol. The number of hydrogen-bond donors (Lipinski definition) is 1. The molecule has 92 valence electrons. The fourth-order valence-corrected chi connectivity index (χ4v) is 2.20. The summed E-state index contributed by atoms with van der Waals surface area (Å²) < 4.78 is 5.19. The monoisotopic (exact) mass is 261 g/mol. The molecule has 0 aliphatic carbocycles. The maximum Gasteiger partial charge on any atom is 0.349 e. The van der Waals surface area contributed by atoms with Crippen molar-refractivity contribution in [1.29, 1.82) is 0 Å². The first-order valence-electron chi connectivity index (χ1n) is 5.27. The molecule has 0 radical (unpaired) electrons. The highest BCUT2D eigenvalue weighted by Gasteiger charge is 2.13. The molecule has 0 saturated heterocycles. The predicted molar refractivity (Wildman–Crippen MR) is 69.3 cm³/mol. The van der Waals surface area contributed by atoms with E-state index in [-0.39, 0.29) is 6.61 Å². The number of ether oxygens (including phenoxy) is 1. The van der Waals surface area contributed by atoms with Crippen LogP contribution in [-0.4, -0.2) is 17.4 Å². The zero-order chi connectivity index (χ0) is 12.8. The van der Waals surface area contributed by atoms with Crippen molar-refractivity contribution in [3.05, 3.63) is 57.8 Å². The zero-order valence-electron chi connectivity index (χ0n) is 9.45. The normalized spacial score (nSPS) is 10.7. The summed E-state index contributed by atoms with van der Waals surface area (Å²) in [5, 5.41) is 13.1. The van der Waals surface area contributed by atoms with Gasteiger partial charge in [-0.25, -0.2) is 4.79 Å². The molecule has 5 heteroatoms. The summed E-state index contributed by atoms with van der Waals surface area (Å²) in [5.41, 5.74) is 1.49. The minimum Gasteiger partial charge on any atom is -0.457 e. The minimum absolute atomic E-state index is 0.229. The molecule has 0 bridgehead atoms. The number of nitrogens with zero attached hydrogens (tertiary/aromatic N) is 1. The molecule has 0 saturated carbocycles. The van der Waals surface area contributed by atoms with Crippen molar-refractivity contribution in [3.63, 3.8) is 0 Å². The van der Waals surface area contributed by atoms with Crippen LogP contribution in [0.4, 0.5) is 0 Å². The average Bonchev–Trinajstić information content (AvgIpc) is 2.86. The highest BCUT2D eigenvalue weighted by molar-refractivity contribution is 7.12. The predicted octanol–water partition coefficient (Wildman–Crippen LogP) is 2.91. The largest absolute Gasteiger partial charge is 0.457 e. The van der Waals surface area contributed by atoms with Gasteiger partial charge >= 0.3 is 5.97 Å². The number of benzene rings is 1. The third-order valence-corrected chi connectivity index (χ3v) is 3.20. The number of hydrogen-bond acceptors (Lipinski definition) is 5. The van der Waals surface area contributed by atoms with Crippen LogP contribution < -0.4 is 0 Å². The van der Waals surface area contributed by atoms with Crippen LogP contribution in [0.3, 0.4) is 0 Å². The molecule has 2 rings (SSSR count). The van der Waals surface area contributed by atoms with Crippen LogP contribution in [-0.2, 0) is 11.3 Å². The van der Waals surface area contributed by atoms with Crippen LogP contribution in [0.25, 0.3) is 0 Å². The maximum atomic E-state index is 11.8. The number of thiophene rings is 1. The fraction of sp³-hybridized carbons (Fsp3) is 0.0769. The van der Waals surface area contributed by atoms with Crippen LogP contribution in [0.15, 0.2) is 46.9 Å². The number of oxime groups is 1. The SMILES string of the molecule is O=C(OCc1ccccc1)c1sccc1C=NO. The van der Waals surface area contributed by atoms with Gasteiger partial charge in [-0.1, -0.05) is 35.5 Å². The van der Waals surface area contributed by atoms with E-state index in [2.05, 4.69) is 5.16 Å². The van der Waals surface area contributed by atoms with E-state index in [1.165, 1.54) is 17.6 Å². The lowest BCUT2D eigenvalue weighted by atomic mass is 10.2. The van der Waals surface area contributed by atoms with E-state index in [1.54, 1.807) is 11.4 Å². The number of rotatable bonds is 4. The second kappa shape index (κ2) is 5.97. The van der Waals surface area contributed by atoms with E-state index in [0.29, 0.717) is 10.4 Å². The van der Waals surface area contributed by atoms with Crippen molar-refractivity contribution in [2.75, 3.05) is 0 Å². The first-order chi connectivity index (χ1) is 8.81. The summed E-state index contributed by atoms with van der Waals surface area (Å²) in [6.45, 7) is 0.229. The molecule has 0 atom stereocenters. The van der Waals surface area contributed by atoms with Gasteiger partial charge in [0, 0.05) is 5.56 Å². The van der Waals surface area contributed by atoms with Gasteiger partial charge in [0.05, 0.1) is 6.21 Å². The molecule has 1 heterocycles. The van der Waals surface area contributed by atoms with Gasteiger partial charge in [0.15, 0.2) is 0 Å². The van der Waals surface area contributed by atoms with Crippen LogP contribution in [0.5, 0.6) is 0 Å². The Balaban J connectivity index is 2.02. The Hall–Kier alpha value is -2.14. The standard InChI is InChI=1S/C13H11NO3S/c15-13(12-11(8-14-16)6-7-18-12)17-9-10-4-2-1-3-5-10/h1-8,16H,9H2. The van der Waals surface area contributed by atoms with Gasteiger partial charge in [-0.2, -0.15) is 0 Å². The van der Waals surface area contributed by atoms with Gasteiger partial charge in [-0.05, 0) is 17.0 Å². The van der Waals surface area contributed by atoms with Crippen molar-refractivity contribution < 1.29 is 14.7 Å². The first kappa shape index (κ1) is 12.3. The molecule has 0 fully saturated rings. The lowest BCUT2D eigenvalue weighted by molar-refractivity contribution is 0.0478. The summed E-state index contributed by atoms with van der Waals surface area (Å²) in [5.74, 6) is -0.413. The van der Waals surface area contributed by atoms with Gasteiger partial charge in [0.2, 0.25) is 0 Å². The second-order valence-corrected chi connectivity index (χ2v) is 4.43. The van der Waals surface area contributed by atoms with Crippen LogP contribution in [0.2, 0.25) is 0 Å². The highest BCUT2D eigenvalue weighted by atomic mass is 32.1. The van der Waals surface area contributed by atoms with Crippen LogP contribution >= 0.6 is 11.3 Å². The van der Waals surface area contributed by atoms with Gasteiger partial charge in [-0.15, -0.1) is 11.3 Å². The molecule has 0 amide bonds. The Kier molecular flexibility index (Phi) is 4.09. The van der Waals surface area contributed by atoms with Crippen molar-refractivity contribution in [2.45, 2.75) is 6.61 Å². The summed E-state index contributed by atoms with van der Waals surface area (Å²) >= 11 is 1.26. The summed E-state index contributed by atoms with van der Waals surface area (Å²) in [6.07, 6.45) is 1.22. The molecule has 1 aromatic carbocycles. The first-order valence-corrected chi connectivity index (χ1v) is 6.15. The Morgan fingerprint density at radius 1 is 1.33 bits per heavy atom. The quantitative estimate of drug-likeness (QED) is 0.398. The summed E-state index contributed by atoms with van der Waals surface area (Å²) in [4.78, 5) is 12.3. The Bertz CT molecular complexity index is 548. The number of carbonyl (C=O) groups is 1. The number of carbonyl (C=O) groups excluding carboxylic acids is 1. The van der Waals surface area contributed by atoms with E-state index in [0.717, 1.165) is 5.56 Å². The topological polar surface area (TPSA) is 58.9 Å². The van der Waals surface area contributed by atoms with Gasteiger partial charge in [0.1, 0.15) is 11.5 Å². The van der Waals surface area contributed by atoms with E-state index in [4.69, 9.17) is 9.94 Å². The molecule has 1 N–H and O–H groups in total. The fourth-order valence-electron chi connectivity index (χ4n) is 1.44. The Labute approximate surface area is 108 Å². The van der Waals surface area contributed by atoms with Crippen molar-refractivity contribution in [1.82, 2.24) is 0 Å². The van der Waals surface area contributed by atoms with Crippen molar-refractivity contribution >= 4 is 23.5 Å². The Morgan fingerprint density at radius 2 is 2.11 bits per heavy atom. The maximum absolute atomic E-state index is 11.8. The van der Waals surface area contributed by atoms with E-state index < -0.39 is 5.97 Å². The third-order valence-electron chi connectivity index (χ3n) is 2.29. The molecule has 1 aromatic heterocycles. The summed E-state index contributed by atoms with van der Waals surface area (Å²) in [6, 6.07) is 11.1. The number of esters is 1. The molecule has 2 aromatic rings. The average molecular weight is 261 g/mol. The van der Waals surface area contributed by atoms with E-state index >= 15 is 0 Å². The van der Waals surface area contributed by atoms with Crippen LogP contribution in [0, 0.1) is 0 Å². The zero-order valence-corrected chi connectivity index (χ0v) is 10.3. The van der Waals surface area contributed by atoms with Crippen molar-refractivity contribution in [2.24, 2.45) is 5.16 Å². The highest BCUT2D eigenvalue weighted by Crippen LogP contribution is 2.17. The van der Waals surface area contributed by atoms with Crippen molar-refractivity contribution in [3.8, 4) is 0 Å². The lowest BCUT2D eigenvalue weighted by Gasteiger charge is -2.03. The van der Waals surface area contributed by atoms with Gasteiger partial charge in [-0.3, -0.25) is 0 Å². The van der Waals surface area contributed by atoms with Crippen LogP contribution in [0.1, 0.15) is 20.8 Å².